The second-order valence-corrected chi connectivity index (χ2v) is 7.75. The molecule has 2 aromatic carbocycles. The lowest BCUT2D eigenvalue weighted by molar-refractivity contribution is -0.136. The van der Waals surface area contributed by atoms with Crippen molar-refractivity contribution in [3.63, 3.8) is 0 Å². The molecule has 0 saturated carbocycles. The van der Waals surface area contributed by atoms with Gasteiger partial charge in [-0.2, -0.15) is 0 Å². The third-order valence-corrected chi connectivity index (χ3v) is 5.67. The largest absolute Gasteiger partial charge is 0.334 e. The first-order chi connectivity index (χ1) is 14.9. The normalized spacial score (nSPS) is 17.9. The van der Waals surface area contributed by atoms with Crippen molar-refractivity contribution in [3.8, 4) is 0 Å². The summed E-state index contributed by atoms with van der Waals surface area (Å²) in [5.41, 5.74) is 4.06. The van der Waals surface area contributed by atoms with E-state index < -0.39 is 11.9 Å². The van der Waals surface area contributed by atoms with E-state index in [0.29, 0.717) is 24.2 Å². The SMILES string of the molecule is CCc1ccc(CNC(=O)Nc2ccc3c(c2)CN(C2CCC(=O)NC2=O)C3=O)cc1. The lowest BCUT2D eigenvalue weighted by Crippen LogP contribution is -2.52. The van der Waals surface area contributed by atoms with E-state index in [-0.39, 0.29) is 30.8 Å². The first-order valence-corrected chi connectivity index (χ1v) is 10.3. The molecule has 1 saturated heterocycles. The van der Waals surface area contributed by atoms with E-state index in [2.05, 4.69) is 22.9 Å². The van der Waals surface area contributed by atoms with E-state index >= 15 is 0 Å². The molecule has 2 heterocycles. The summed E-state index contributed by atoms with van der Waals surface area (Å²) in [7, 11) is 0. The van der Waals surface area contributed by atoms with Crippen molar-refractivity contribution in [1.82, 2.24) is 15.5 Å². The van der Waals surface area contributed by atoms with Crippen molar-refractivity contribution in [2.45, 2.75) is 45.3 Å². The van der Waals surface area contributed by atoms with Gasteiger partial charge in [0.1, 0.15) is 6.04 Å². The van der Waals surface area contributed by atoms with Crippen LogP contribution >= 0.6 is 0 Å². The lowest BCUT2D eigenvalue weighted by Gasteiger charge is -2.29. The Hall–Kier alpha value is -3.68. The van der Waals surface area contributed by atoms with Crippen LogP contribution in [0, 0.1) is 0 Å². The minimum absolute atomic E-state index is 0.213. The van der Waals surface area contributed by atoms with Crippen molar-refractivity contribution in [2.24, 2.45) is 0 Å². The number of nitrogens with one attached hydrogen (secondary N) is 3. The van der Waals surface area contributed by atoms with Gasteiger partial charge in [0, 0.05) is 30.8 Å². The number of imide groups is 1. The highest BCUT2D eigenvalue weighted by atomic mass is 16.2. The fraction of sp³-hybridized carbons (Fsp3) is 0.304. The highest BCUT2D eigenvalue weighted by molar-refractivity contribution is 6.05. The number of urea groups is 1. The topological polar surface area (TPSA) is 108 Å². The van der Waals surface area contributed by atoms with Crippen LogP contribution in [0.25, 0.3) is 0 Å². The number of fused-ring (bicyclic) bond motifs is 1. The number of amides is 5. The first-order valence-electron chi connectivity index (χ1n) is 10.3. The van der Waals surface area contributed by atoms with Gasteiger partial charge in [-0.3, -0.25) is 19.7 Å². The van der Waals surface area contributed by atoms with E-state index in [1.54, 1.807) is 18.2 Å². The second-order valence-electron chi connectivity index (χ2n) is 7.75. The maximum Gasteiger partial charge on any atom is 0.319 e. The van der Waals surface area contributed by atoms with Crippen molar-refractivity contribution in [2.75, 3.05) is 5.32 Å². The molecule has 2 aliphatic heterocycles. The molecule has 1 unspecified atom stereocenters. The van der Waals surface area contributed by atoms with Gasteiger partial charge in [-0.05, 0) is 47.7 Å². The molecule has 31 heavy (non-hydrogen) atoms. The summed E-state index contributed by atoms with van der Waals surface area (Å²) in [5.74, 6) is -0.998. The molecular formula is C23H24N4O4. The molecule has 3 N–H and O–H groups in total. The number of benzene rings is 2. The van der Waals surface area contributed by atoms with Crippen LogP contribution in [-0.2, 0) is 29.1 Å². The zero-order valence-corrected chi connectivity index (χ0v) is 17.2. The van der Waals surface area contributed by atoms with Crippen LogP contribution < -0.4 is 16.0 Å². The van der Waals surface area contributed by atoms with Crippen molar-refractivity contribution >= 4 is 29.4 Å². The number of anilines is 1. The summed E-state index contributed by atoms with van der Waals surface area (Å²) in [6.07, 6.45) is 1.50. The van der Waals surface area contributed by atoms with Crippen LogP contribution in [-0.4, -0.2) is 34.7 Å². The Balaban J connectivity index is 1.37. The first kappa shape index (κ1) is 20.6. The molecule has 0 bridgehead atoms. The van der Waals surface area contributed by atoms with Crippen LogP contribution in [0.2, 0.25) is 0 Å². The molecule has 1 atom stereocenters. The van der Waals surface area contributed by atoms with E-state index in [1.165, 1.54) is 10.5 Å². The van der Waals surface area contributed by atoms with E-state index in [1.807, 2.05) is 24.3 Å². The number of carbonyl (C=O) groups excluding carboxylic acids is 4. The van der Waals surface area contributed by atoms with Crippen LogP contribution in [0.1, 0.15) is 46.8 Å². The second kappa shape index (κ2) is 8.59. The van der Waals surface area contributed by atoms with E-state index in [9.17, 15) is 19.2 Å². The summed E-state index contributed by atoms with van der Waals surface area (Å²) in [6, 6.07) is 12.1. The predicted molar refractivity (Wildman–Crippen MR) is 114 cm³/mol. The number of aryl methyl sites for hydroxylation is 1. The molecule has 8 nitrogen and oxygen atoms in total. The molecule has 0 spiro atoms. The smallest absolute Gasteiger partial charge is 0.319 e. The Morgan fingerprint density at radius 3 is 2.55 bits per heavy atom. The van der Waals surface area contributed by atoms with Crippen LogP contribution in [0.4, 0.5) is 10.5 Å². The fourth-order valence-electron chi connectivity index (χ4n) is 3.90. The quantitative estimate of drug-likeness (QED) is 0.645. The van der Waals surface area contributed by atoms with Gasteiger partial charge in [0.05, 0.1) is 0 Å². The highest BCUT2D eigenvalue weighted by Crippen LogP contribution is 2.29. The number of nitrogens with zero attached hydrogens (tertiary/aromatic N) is 1. The summed E-state index contributed by atoms with van der Waals surface area (Å²) in [5, 5.41) is 7.89. The minimum Gasteiger partial charge on any atom is -0.334 e. The van der Waals surface area contributed by atoms with E-state index in [4.69, 9.17) is 0 Å². The van der Waals surface area contributed by atoms with Gasteiger partial charge >= 0.3 is 6.03 Å². The molecular weight excluding hydrogens is 396 g/mol. The average Bonchev–Trinajstić information content (AvgIpc) is 3.08. The number of hydrogen-bond donors (Lipinski definition) is 3. The predicted octanol–water partition coefficient (Wildman–Crippen LogP) is 2.33. The summed E-state index contributed by atoms with van der Waals surface area (Å²) in [4.78, 5) is 50.0. The molecule has 2 aromatic rings. The van der Waals surface area contributed by atoms with Crippen molar-refractivity contribution in [1.29, 1.82) is 0 Å². The zero-order chi connectivity index (χ0) is 22.0. The van der Waals surface area contributed by atoms with Crippen LogP contribution in [0.5, 0.6) is 0 Å². The van der Waals surface area contributed by atoms with Gasteiger partial charge in [0.2, 0.25) is 11.8 Å². The standard InChI is InChI=1S/C23H24N4O4/c1-2-14-3-5-15(6-4-14)12-24-23(31)25-17-7-8-18-16(11-17)13-27(22(18)30)19-9-10-20(28)26-21(19)29/h3-8,11,19H,2,9-10,12-13H2,1H3,(H2,24,25,31)(H,26,28,29). The molecule has 1 fully saturated rings. The fourth-order valence-corrected chi connectivity index (χ4v) is 3.90. The maximum absolute atomic E-state index is 12.7. The van der Waals surface area contributed by atoms with Gasteiger partial charge in [0.25, 0.3) is 5.91 Å². The Bertz CT molecular complexity index is 1050. The zero-order valence-electron chi connectivity index (χ0n) is 17.2. The molecule has 5 amide bonds. The van der Waals surface area contributed by atoms with Crippen LogP contribution in [0.15, 0.2) is 42.5 Å². The van der Waals surface area contributed by atoms with Gasteiger partial charge in [-0.15, -0.1) is 0 Å². The van der Waals surface area contributed by atoms with Crippen LogP contribution in [0.3, 0.4) is 0 Å². The molecule has 0 aromatic heterocycles. The highest BCUT2D eigenvalue weighted by Gasteiger charge is 2.39. The van der Waals surface area contributed by atoms with Gasteiger partial charge in [-0.25, -0.2) is 4.79 Å². The third kappa shape index (κ3) is 4.42. The Morgan fingerprint density at radius 2 is 1.84 bits per heavy atom. The molecule has 0 radical (unpaired) electrons. The van der Waals surface area contributed by atoms with Crippen molar-refractivity contribution in [3.05, 3.63) is 64.7 Å². The van der Waals surface area contributed by atoms with Gasteiger partial charge in [0.15, 0.2) is 0 Å². The number of piperidine rings is 1. The lowest BCUT2D eigenvalue weighted by atomic mass is 10.0. The number of carbonyl (C=O) groups is 4. The van der Waals surface area contributed by atoms with Crippen molar-refractivity contribution < 1.29 is 19.2 Å². The molecule has 0 aliphatic carbocycles. The third-order valence-electron chi connectivity index (χ3n) is 5.67. The molecule has 4 rings (SSSR count). The molecule has 2 aliphatic rings. The Morgan fingerprint density at radius 1 is 1.10 bits per heavy atom. The Labute approximate surface area is 180 Å². The van der Waals surface area contributed by atoms with Gasteiger partial charge < -0.3 is 15.5 Å². The Kier molecular flexibility index (Phi) is 5.70. The molecule has 160 valence electrons. The number of rotatable bonds is 5. The minimum atomic E-state index is -0.656. The monoisotopic (exact) mass is 420 g/mol. The van der Waals surface area contributed by atoms with Gasteiger partial charge in [-0.1, -0.05) is 31.2 Å². The summed E-state index contributed by atoms with van der Waals surface area (Å²) < 4.78 is 0. The summed E-state index contributed by atoms with van der Waals surface area (Å²) in [6.45, 7) is 2.76. The maximum atomic E-state index is 12.7. The molecule has 8 heteroatoms. The summed E-state index contributed by atoms with van der Waals surface area (Å²) >= 11 is 0. The number of hydrogen-bond acceptors (Lipinski definition) is 4. The average molecular weight is 420 g/mol. The van der Waals surface area contributed by atoms with E-state index in [0.717, 1.165) is 17.5 Å².